The molecule has 0 N–H and O–H groups in total. The molecule has 0 atom stereocenters. The largest absolute Gasteiger partial charge is 0.497 e. The molecule has 1 heterocycles. The van der Waals surface area contributed by atoms with E-state index in [1.807, 2.05) is 42.5 Å². The molecule has 0 aromatic heterocycles. The summed E-state index contributed by atoms with van der Waals surface area (Å²) in [6, 6.07) is 15.3. The lowest BCUT2D eigenvalue weighted by Crippen LogP contribution is -2.05. The quantitative estimate of drug-likeness (QED) is 0.640. The van der Waals surface area contributed by atoms with Crippen LogP contribution in [0, 0.1) is 0 Å². The van der Waals surface area contributed by atoms with Crippen molar-refractivity contribution in [3.8, 4) is 5.75 Å². The third-order valence-corrected chi connectivity index (χ3v) is 3.63. The van der Waals surface area contributed by atoms with Crippen LogP contribution in [0.2, 0.25) is 0 Å². The fourth-order valence-corrected chi connectivity index (χ4v) is 2.30. The van der Waals surface area contributed by atoms with Crippen molar-refractivity contribution in [3.63, 3.8) is 0 Å². The van der Waals surface area contributed by atoms with Gasteiger partial charge in [-0.15, -0.1) is 0 Å². The molecule has 1 aliphatic rings. The first-order valence-electron chi connectivity index (χ1n) is 7.45. The highest BCUT2D eigenvalue weighted by molar-refractivity contribution is 6.12. The highest BCUT2D eigenvalue weighted by Gasteiger charge is 2.24. The number of hydrogen-bond acceptors (Lipinski definition) is 4. The van der Waals surface area contributed by atoms with Crippen molar-refractivity contribution >= 4 is 17.9 Å². The molecular weight excluding hydrogens is 290 g/mol. The number of rotatable bonds is 4. The summed E-state index contributed by atoms with van der Waals surface area (Å²) in [5, 5.41) is 0. The van der Waals surface area contributed by atoms with Crippen LogP contribution >= 0.6 is 0 Å². The highest BCUT2D eigenvalue weighted by atomic mass is 16.6. The van der Waals surface area contributed by atoms with Gasteiger partial charge in [0.2, 0.25) is 5.90 Å². The van der Waals surface area contributed by atoms with Crippen molar-refractivity contribution in [2.75, 3.05) is 7.11 Å². The minimum absolute atomic E-state index is 0.297. The topological polar surface area (TPSA) is 47.9 Å². The Labute approximate surface area is 135 Å². The zero-order valence-corrected chi connectivity index (χ0v) is 13.1. The normalized spacial score (nSPS) is 15.5. The van der Waals surface area contributed by atoms with Crippen LogP contribution in [0.5, 0.6) is 5.75 Å². The first-order valence-corrected chi connectivity index (χ1v) is 7.45. The van der Waals surface area contributed by atoms with E-state index in [4.69, 9.17) is 9.47 Å². The minimum atomic E-state index is -0.442. The molecule has 0 amide bonds. The van der Waals surface area contributed by atoms with E-state index in [1.165, 1.54) is 5.56 Å². The Morgan fingerprint density at radius 3 is 2.65 bits per heavy atom. The van der Waals surface area contributed by atoms with Gasteiger partial charge in [-0.05, 0) is 41.8 Å². The molecule has 0 radical (unpaired) electrons. The average molecular weight is 307 g/mol. The van der Waals surface area contributed by atoms with E-state index in [1.54, 1.807) is 19.3 Å². The zero-order chi connectivity index (χ0) is 16.2. The molecule has 0 saturated heterocycles. The van der Waals surface area contributed by atoms with E-state index >= 15 is 0 Å². The molecule has 23 heavy (non-hydrogen) atoms. The predicted octanol–water partition coefficient (Wildman–Crippen LogP) is 3.60. The van der Waals surface area contributed by atoms with Gasteiger partial charge in [0.25, 0.3) is 0 Å². The van der Waals surface area contributed by atoms with Crippen LogP contribution in [0.4, 0.5) is 0 Å². The summed E-state index contributed by atoms with van der Waals surface area (Å²) in [6.07, 6.45) is 2.71. The lowest BCUT2D eigenvalue weighted by molar-refractivity contribution is -0.129. The van der Waals surface area contributed by atoms with Gasteiger partial charge in [0, 0.05) is 5.56 Å². The minimum Gasteiger partial charge on any atom is -0.497 e. The number of cyclic esters (lactones) is 1. The van der Waals surface area contributed by atoms with E-state index in [-0.39, 0.29) is 0 Å². The van der Waals surface area contributed by atoms with Crippen LogP contribution in [-0.4, -0.2) is 19.0 Å². The van der Waals surface area contributed by atoms with Crippen molar-refractivity contribution in [1.29, 1.82) is 0 Å². The molecule has 0 unspecified atom stereocenters. The Hall–Kier alpha value is -2.88. The van der Waals surface area contributed by atoms with Gasteiger partial charge in [-0.1, -0.05) is 37.3 Å². The lowest BCUT2D eigenvalue weighted by atomic mass is 10.1. The van der Waals surface area contributed by atoms with Gasteiger partial charge in [0.15, 0.2) is 5.70 Å². The van der Waals surface area contributed by atoms with E-state index in [2.05, 4.69) is 11.9 Å². The Bertz CT molecular complexity index is 789. The number of hydrogen-bond donors (Lipinski definition) is 0. The second-order valence-electron chi connectivity index (χ2n) is 5.16. The molecular formula is C19H17NO3. The lowest BCUT2D eigenvalue weighted by Gasteiger charge is -2.02. The number of nitrogens with zero attached hydrogens (tertiary/aromatic N) is 1. The highest BCUT2D eigenvalue weighted by Crippen LogP contribution is 2.21. The first-order chi connectivity index (χ1) is 11.2. The molecule has 0 aliphatic carbocycles. The standard InChI is InChI=1S/C19H17NO3/c1-3-13-7-9-14(10-8-13)11-17-19(21)23-18(20-17)15-5-4-6-16(12-15)22-2/h4-12H,3H2,1-2H3/b17-11+. The monoisotopic (exact) mass is 307 g/mol. The van der Waals surface area contributed by atoms with Gasteiger partial charge < -0.3 is 9.47 Å². The summed E-state index contributed by atoms with van der Waals surface area (Å²) in [5.41, 5.74) is 3.18. The maximum absolute atomic E-state index is 12.0. The number of ether oxygens (including phenoxy) is 2. The molecule has 0 bridgehead atoms. The average Bonchev–Trinajstić information content (AvgIpc) is 2.96. The Kier molecular flexibility index (Phi) is 4.24. The van der Waals surface area contributed by atoms with Crippen LogP contribution in [0.3, 0.4) is 0 Å². The summed E-state index contributed by atoms with van der Waals surface area (Å²) in [7, 11) is 1.59. The summed E-state index contributed by atoms with van der Waals surface area (Å²) >= 11 is 0. The third-order valence-electron chi connectivity index (χ3n) is 3.63. The molecule has 0 spiro atoms. The van der Waals surface area contributed by atoms with Crippen molar-refractivity contribution in [1.82, 2.24) is 0 Å². The van der Waals surface area contributed by atoms with Gasteiger partial charge >= 0.3 is 5.97 Å². The number of aliphatic imine (C=N–C) groups is 1. The van der Waals surface area contributed by atoms with Crippen LogP contribution < -0.4 is 4.74 Å². The maximum Gasteiger partial charge on any atom is 0.363 e. The molecule has 116 valence electrons. The third kappa shape index (κ3) is 3.31. The number of benzene rings is 2. The number of aryl methyl sites for hydroxylation is 1. The summed E-state index contributed by atoms with van der Waals surface area (Å²) in [6.45, 7) is 2.10. The van der Waals surface area contributed by atoms with E-state index < -0.39 is 5.97 Å². The van der Waals surface area contributed by atoms with Crippen LogP contribution in [0.25, 0.3) is 6.08 Å². The number of carbonyl (C=O) groups is 1. The molecule has 4 heteroatoms. The zero-order valence-electron chi connectivity index (χ0n) is 13.1. The fourth-order valence-electron chi connectivity index (χ4n) is 2.30. The van der Waals surface area contributed by atoms with Gasteiger partial charge in [-0.3, -0.25) is 0 Å². The molecule has 0 fully saturated rings. The molecule has 0 saturated carbocycles. The van der Waals surface area contributed by atoms with E-state index in [0.717, 1.165) is 12.0 Å². The second kappa shape index (κ2) is 6.48. The molecule has 2 aromatic carbocycles. The Morgan fingerprint density at radius 2 is 1.96 bits per heavy atom. The van der Waals surface area contributed by atoms with Crippen LogP contribution in [0.15, 0.2) is 59.2 Å². The number of methoxy groups -OCH3 is 1. The van der Waals surface area contributed by atoms with E-state index in [0.29, 0.717) is 22.9 Å². The number of esters is 1. The maximum atomic E-state index is 12.0. The van der Waals surface area contributed by atoms with Crippen molar-refractivity contribution in [2.24, 2.45) is 4.99 Å². The van der Waals surface area contributed by atoms with Crippen molar-refractivity contribution in [2.45, 2.75) is 13.3 Å². The van der Waals surface area contributed by atoms with Crippen LogP contribution in [-0.2, 0) is 16.0 Å². The summed E-state index contributed by atoms with van der Waals surface area (Å²) in [4.78, 5) is 16.3. The van der Waals surface area contributed by atoms with Gasteiger partial charge in [0.1, 0.15) is 5.75 Å². The smallest absolute Gasteiger partial charge is 0.363 e. The predicted molar refractivity (Wildman–Crippen MR) is 89.4 cm³/mol. The fraction of sp³-hybridized carbons (Fsp3) is 0.158. The molecule has 4 nitrogen and oxygen atoms in total. The Balaban J connectivity index is 1.89. The van der Waals surface area contributed by atoms with Crippen molar-refractivity contribution in [3.05, 3.63) is 70.9 Å². The first kappa shape index (κ1) is 15.0. The van der Waals surface area contributed by atoms with Crippen LogP contribution in [0.1, 0.15) is 23.6 Å². The number of carbonyl (C=O) groups excluding carboxylic acids is 1. The molecule has 1 aliphatic heterocycles. The van der Waals surface area contributed by atoms with Crippen molar-refractivity contribution < 1.29 is 14.3 Å². The van der Waals surface area contributed by atoms with Gasteiger partial charge in [-0.2, -0.15) is 0 Å². The second-order valence-corrected chi connectivity index (χ2v) is 5.16. The molecule has 2 aromatic rings. The summed E-state index contributed by atoms with van der Waals surface area (Å²) < 4.78 is 10.4. The Morgan fingerprint density at radius 1 is 1.17 bits per heavy atom. The summed E-state index contributed by atoms with van der Waals surface area (Å²) in [5.74, 6) is 0.543. The van der Waals surface area contributed by atoms with Gasteiger partial charge in [-0.25, -0.2) is 9.79 Å². The SMILES string of the molecule is CCc1ccc(/C=C2/N=C(c3cccc(OC)c3)OC2=O)cc1. The van der Waals surface area contributed by atoms with Gasteiger partial charge in [0.05, 0.1) is 7.11 Å². The molecule has 3 rings (SSSR count). The van der Waals surface area contributed by atoms with E-state index in [9.17, 15) is 4.79 Å².